The number of halogens is 3. The first-order valence-electron chi connectivity index (χ1n) is 9.90. The lowest BCUT2D eigenvalue weighted by Gasteiger charge is -2.34. The maximum atomic E-state index is 14.4. The van der Waals surface area contributed by atoms with Crippen molar-refractivity contribution >= 4 is 39.2 Å². The lowest BCUT2D eigenvalue weighted by Crippen LogP contribution is -2.48. The number of carbonyl (C=O) groups excluding carboxylic acids is 1. The van der Waals surface area contributed by atoms with Gasteiger partial charge in [-0.3, -0.25) is 4.90 Å². The van der Waals surface area contributed by atoms with Crippen molar-refractivity contribution in [2.45, 2.75) is 30.4 Å². The van der Waals surface area contributed by atoms with Crippen LogP contribution >= 0.6 is 23.2 Å². The first-order chi connectivity index (χ1) is 14.7. The van der Waals surface area contributed by atoms with Crippen LogP contribution in [0.3, 0.4) is 0 Å². The lowest BCUT2D eigenvalue weighted by atomic mass is 10.1. The van der Waals surface area contributed by atoms with Gasteiger partial charge in [-0.25, -0.2) is 17.6 Å². The van der Waals surface area contributed by atoms with Crippen molar-refractivity contribution in [3.63, 3.8) is 0 Å². The molecule has 2 aliphatic rings. The Kier molecular flexibility index (Phi) is 6.55. The van der Waals surface area contributed by atoms with Crippen LogP contribution in [0.5, 0.6) is 0 Å². The SMILES string of the molecule is O=C(OC1CC1)c1ccc(CN2CCN(S(=O)(=O)c3cc(Cl)cc(Cl)c3)CC2)cc1F. The Labute approximate surface area is 190 Å². The molecule has 1 heterocycles. The molecule has 2 fully saturated rings. The van der Waals surface area contributed by atoms with Crippen molar-refractivity contribution in [3.8, 4) is 0 Å². The number of nitrogens with zero attached hydrogens (tertiary/aromatic N) is 2. The minimum absolute atomic E-state index is 0.0632. The smallest absolute Gasteiger partial charge is 0.341 e. The third kappa shape index (κ3) is 5.38. The summed E-state index contributed by atoms with van der Waals surface area (Å²) in [5.41, 5.74) is 0.644. The number of esters is 1. The number of hydrogen-bond donors (Lipinski definition) is 0. The molecular weight excluding hydrogens is 466 g/mol. The molecule has 0 bridgehead atoms. The van der Waals surface area contributed by atoms with Crippen LogP contribution in [-0.4, -0.2) is 55.9 Å². The standard InChI is InChI=1S/C21H21Cl2FN2O4S/c22-15-10-16(23)12-18(11-15)31(28,29)26-7-5-25(6-8-26)13-14-1-4-19(20(24)9-14)21(27)30-17-2-3-17/h1,4,9-12,17H,2-3,5-8,13H2. The molecule has 0 amide bonds. The maximum Gasteiger partial charge on any atom is 0.341 e. The van der Waals surface area contributed by atoms with Crippen LogP contribution in [0.1, 0.15) is 28.8 Å². The molecule has 0 atom stereocenters. The first-order valence-corrected chi connectivity index (χ1v) is 12.1. The van der Waals surface area contributed by atoms with Gasteiger partial charge in [0.25, 0.3) is 0 Å². The quantitative estimate of drug-likeness (QED) is 0.578. The number of carbonyl (C=O) groups is 1. The number of ether oxygens (including phenoxy) is 1. The Balaban J connectivity index is 1.36. The molecule has 1 aliphatic heterocycles. The Morgan fingerprint density at radius 3 is 2.26 bits per heavy atom. The highest BCUT2D eigenvalue weighted by atomic mass is 35.5. The Bertz CT molecular complexity index is 1080. The van der Waals surface area contributed by atoms with Crippen molar-refractivity contribution in [3.05, 3.63) is 63.4 Å². The predicted octanol–water partition coefficient (Wildman–Crippen LogP) is 3.96. The fourth-order valence-corrected chi connectivity index (χ4v) is 5.59. The van der Waals surface area contributed by atoms with Crippen LogP contribution in [0.4, 0.5) is 4.39 Å². The molecule has 2 aromatic carbocycles. The van der Waals surface area contributed by atoms with Gasteiger partial charge in [-0.15, -0.1) is 0 Å². The summed E-state index contributed by atoms with van der Waals surface area (Å²) in [4.78, 5) is 14.1. The van der Waals surface area contributed by atoms with Crippen molar-refractivity contribution < 1.29 is 22.3 Å². The maximum absolute atomic E-state index is 14.4. The summed E-state index contributed by atoms with van der Waals surface area (Å²) in [7, 11) is -3.70. The second-order valence-corrected chi connectivity index (χ2v) is 10.5. The highest BCUT2D eigenvalue weighted by Crippen LogP contribution is 2.27. The first kappa shape index (κ1) is 22.5. The van der Waals surface area contributed by atoms with Gasteiger partial charge in [-0.2, -0.15) is 4.31 Å². The van der Waals surface area contributed by atoms with Gasteiger partial charge in [-0.1, -0.05) is 29.3 Å². The van der Waals surface area contributed by atoms with Gasteiger partial charge in [0, 0.05) is 42.8 Å². The van der Waals surface area contributed by atoms with Crippen molar-refractivity contribution in [2.75, 3.05) is 26.2 Å². The van der Waals surface area contributed by atoms with E-state index in [2.05, 4.69) is 0 Å². The van der Waals surface area contributed by atoms with Crippen LogP contribution in [0.15, 0.2) is 41.3 Å². The average molecular weight is 487 g/mol. The van der Waals surface area contributed by atoms with Gasteiger partial charge in [0.2, 0.25) is 10.0 Å². The zero-order chi connectivity index (χ0) is 22.2. The van der Waals surface area contributed by atoms with Crippen LogP contribution in [0, 0.1) is 5.82 Å². The van der Waals surface area contributed by atoms with Gasteiger partial charge in [-0.05, 0) is 48.7 Å². The highest BCUT2D eigenvalue weighted by Gasteiger charge is 2.30. The summed E-state index contributed by atoms with van der Waals surface area (Å²) in [5.74, 6) is -1.24. The summed E-state index contributed by atoms with van der Waals surface area (Å²) < 4.78 is 46.7. The number of benzene rings is 2. The molecule has 166 valence electrons. The second-order valence-electron chi connectivity index (χ2n) is 7.70. The van der Waals surface area contributed by atoms with E-state index >= 15 is 0 Å². The summed E-state index contributed by atoms with van der Waals surface area (Å²) in [6.07, 6.45) is 1.58. The van der Waals surface area contributed by atoms with E-state index < -0.39 is 21.8 Å². The Morgan fingerprint density at radius 1 is 1.03 bits per heavy atom. The molecule has 1 aliphatic carbocycles. The number of piperazine rings is 1. The van der Waals surface area contributed by atoms with Crippen molar-refractivity contribution in [1.29, 1.82) is 0 Å². The van der Waals surface area contributed by atoms with E-state index in [9.17, 15) is 17.6 Å². The third-order valence-corrected chi connectivity index (χ3v) is 7.58. The summed E-state index contributed by atoms with van der Waals surface area (Å²) in [6, 6.07) is 8.72. The molecule has 1 saturated heterocycles. The van der Waals surface area contributed by atoms with Gasteiger partial charge in [0.05, 0.1) is 10.5 Å². The van der Waals surface area contributed by atoms with E-state index in [1.54, 1.807) is 6.07 Å². The zero-order valence-corrected chi connectivity index (χ0v) is 18.9. The van der Waals surface area contributed by atoms with Gasteiger partial charge in [0.1, 0.15) is 11.9 Å². The molecule has 0 aromatic heterocycles. The van der Waals surface area contributed by atoms with Gasteiger partial charge in [0.15, 0.2) is 0 Å². The molecule has 31 heavy (non-hydrogen) atoms. The molecule has 0 radical (unpaired) electrons. The summed E-state index contributed by atoms with van der Waals surface area (Å²) in [6.45, 7) is 2.01. The molecule has 0 N–H and O–H groups in total. The predicted molar refractivity (Wildman–Crippen MR) is 115 cm³/mol. The normalized spacial score (nSPS) is 18.2. The fraction of sp³-hybridized carbons (Fsp3) is 0.381. The topological polar surface area (TPSA) is 66.9 Å². The van der Waals surface area contributed by atoms with Crippen LogP contribution in [0.25, 0.3) is 0 Å². The van der Waals surface area contributed by atoms with Gasteiger partial charge < -0.3 is 4.74 Å². The monoisotopic (exact) mass is 486 g/mol. The molecule has 6 nitrogen and oxygen atoms in total. The van der Waals surface area contributed by atoms with Crippen LogP contribution in [0.2, 0.25) is 10.0 Å². The summed E-state index contributed by atoms with van der Waals surface area (Å²) >= 11 is 11.9. The number of rotatable bonds is 6. The minimum Gasteiger partial charge on any atom is -0.459 e. The Hall–Kier alpha value is -1.71. The minimum atomic E-state index is -3.70. The fourth-order valence-electron chi connectivity index (χ4n) is 3.44. The number of sulfonamides is 1. The van der Waals surface area contributed by atoms with Crippen molar-refractivity contribution in [2.24, 2.45) is 0 Å². The van der Waals surface area contributed by atoms with E-state index in [0.29, 0.717) is 38.3 Å². The van der Waals surface area contributed by atoms with Crippen LogP contribution < -0.4 is 0 Å². The molecule has 10 heteroatoms. The molecule has 0 spiro atoms. The van der Waals surface area contributed by atoms with E-state index in [-0.39, 0.29) is 26.6 Å². The molecule has 1 saturated carbocycles. The second kappa shape index (κ2) is 9.03. The van der Waals surface area contributed by atoms with Crippen LogP contribution in [-0.2, 0) is 21.3 Å². The third-order valence-electron chi connectivity index (χ3n) is 5.26. The van der Waals surface area contributed by atoms with E-state index in [0.717, 1.165) is 12.8 Å². The largest absolute Gasteiger partial charge is 0.459 e. The molecular formula is C21H21Cl2FN2O4S. The van der Waals surface area contributed by atoms with E-state index in [1.807, 2.05) is 4.90 Å². The van der Waals surface area contributed by atoms with Gasteiger partial charge >= 0.3 is 5.97 Å². The van der Waals surface area contributed by atoms with E-state index in [1.165, 1.54) is 34.6 Å². The Morgan fingerprint density at radius 2 is 1.68 bits per heavy atom. The van der Waals surface area contributed by atoms with E-state index in [4.69, 9.17) is 27.9 Å². The highest BCUT2D eigenvalue weighted by molar-refractivity contribution is 7.89. The average Bonchev–Trinajstić information content (AvgIpc) is 3.51. The molecule has 4 rings (SSSR count). The van der Waals surface area contributed by atoms with Crippen molar-refractivity contribution in [1.82, 2.24) is 9.21 Å². The number of hydrogen-bond acceptors (Lipinski definition) is 5. The lowest BCUT2D eigenvalue weighted by molar-refractivity contribution is 0.0467. The zero-order valence-electron chi connectivity index (χ0n) is 16.6. The molecule has 2 aromatic rings. The summed E-state index contributed by atoms with van der Waals surface area (Å²) in [5, 5.41) is 0.521. The molecule has 0 unspecified atom stereocenters.